The van der Waals surface area contributed by atoms with Crippen molar-refractivity contribution in [2.24, 2.45) is 40.4 Å². The van der Waals surface area contributed by atoms with Crippen molar-refractivity contribution in [3.05, 3.63) is 11.6 Å². The van der Waals surface area contributed by atoms with Crippen molar-refractivity contribution in [3.8, 4) is 0 Å². The average Bonchev–Trinajstić information content (AvgIpc) is 2.67. The van der Waals surface area contributed by atoms with E-state index in [2.05, 4.69) is 33.4 Å². The maximum atomic E-state index is 14.2. The highest BCUT2D eigenvalue weighted by Crippen LogP contribution is 2.66. The van der Waals surface area contributed by atoms with Crippen LogP contribution in [0.3, 0.4) is 0 Å². The van der Waals surface area contributed by atoms with E-state index < -0.39 is 6.17 Å². The number of thiol groups is 1. The molecule has 0 heterocycles. The Balaban J connectivity index is 1.74. The molecule has 4 aliphatic carbocycles. The molecule has 2 nitrogen and oxygen atoms in total. The zero-order valence-electron chi connectivity index (χ0n) is 18.4. The Hall–Kier alpha value is -0.350. The number of alkyl halides is 1. The van der Waals surface area contributed by atoms with Crippen molar-refractivity contribution in [1.29, 1.82) is 0 Å². The highest BCUT2D eigenvalue weighted by molar-refractivity contribution is 7.80. The summed E-state index contributed by atoms with van der Waals surface area (Å²) in [5.74, 6) is 2.33. The first kappa shape index (κ1) is 21.9. The van der Waals surface area contributed by atoms with Gasteiger partial charge in [0, 0.05) is 5.92 Å². The number of aliphatic hydroxyl groups is 1. The van der Waals surface area contributed by atoms with Crippen molar-refractivity contribution in [2.75, 3.05) is 5.75 Å². The Kier molecular flexibility index (Phi) is 6.01. The lowest BCUT2D eigenvalue weighted by Crippen LogP contribution is -2.60. The van der Waals surface area contributed by atoms with Crippen molar-refractivity contribution in [2.45, 2.75) is 90.8 Å². The molecule has 9 atom stereocenters. The number of aliphatic hydroxyl groups excluding tert-OH is 1. The van der Waals surface area contributed by atoms with Gasteiger partial charge in [-0.3, -0.25) is 4.79 Å². The van der Waals surface area contributed by atoms with Crippen molar-refractivity contribution in [1.82, 2.24) is 0 Å². The number of carbonyl (C=O) groups is 1. The summed E-state index contributed by atoms with van der Waals surface area (Å²) < 4.78 is 14.2. The molecule has 0 saturated heterocycles. The highest BCUT2D eigenvalue weighted by Gasteiger charge is 2.62. The molecular weight excluding hydrogens is 383 g/mol. The Bertz CT molecular complexity index is 678. The summed E-state index contributed by atoms with van der Waals surface area (Å²) in [6, 6.07) is 0. The third kappa shape index (κ3) is 3.45. The van der Waals surface area contributed by atoms with Crippen molar-refractivity contribution in [3.63, 3.8) is 0 Å². The molecule has 0 aliphatic heterocycles. The number of rotatable bonds is 3. The van der Waals surface area contributed by atoms with Crippen molar-refractivity contribution >= 4 is 18.4 Å². The summed E-state index contributed by atoms with van der Waals surface area (Å²) in [5, 5.41) is 10.5. The third-order valence-electron chi connectivity index (χ3n) is 9.67. The minimum Gasteiger partial charge on any atom is -0.393 e. The van der Waals surface area contributed by atoms with E-state index >= 15 is 0 Å². The van der Waals surface area contributed by atoms with Gasteiger partial charge in [0.2, 0.25) is 0 Å². The predicted molar refractivity (Wildman–Crippen MR) is 119 cm³/mol. The van der Waals surface area contributed by atoms with E-state index in [1.54, 1.807) is 0 Å². The minimum absolute atomic E-state index is 0.0158. The third-order valence-corrected chi connectivity index (χ3v) is 9.93. The van der Waals surface area contributed by atoms with E-state index in [0.717, 1.165) is 50.7 Å². The van der Waals surface area contributed by atoms with Crippen molar-refractivity contribution < 1.29 is 14.3 Å². The Morgan fingerprint density at radius 2 is 1.90 bits per heavy atom. The summed E-state index contributed by atoms with van der Waals surface area (Å²) in [6.45, 7) is 6.86. The lowest BCUT2D eigenvalue weighted by molar-refractivity contribution is -0.165. The second-order valence-electron chi connectivity index (χ2n) is 11.1. The zero-order chi connectivity index (χ0) is 21.0. The molecule has 4 heteroatoms. The van der Waals surface area contributed by atoms with E-state index in [4.69, 9.17) is 0 Å². The van der Waals surface area contributed by atoms with Gasteiger partial charge in [0.1, 0.15) is 6.17 Å². The van der Waals surface area contributed by atoms with Gasteiger partial charge in [-0.1, -0.05) is 26.3 Å². The summed E-state index contributed by atoms with van der Waals surface area (Å²) in [4.78, 5) is 13.7. The molecule has 3 fully saturated rings. The summed E-state index contributed by atoms with van der Waals surface area (Å²) in [6.07, 6.45) is 9.04. The van der Waals surface area contributed by atoms with Gasteiger partial charge in [-0.05, 0) is 104 Å². The average molecular weight is 423 g/mol. The predicted octanol–water partition coefficient (Wildman–Crippen LogP) is 5.79. The number of halogens is 1. The lowest BCUT2D eigenvalue weighted by Gasteiger charge is -2.63. The van der Waals surface area contributed by atoms with Gasteiger partial charge in [-0.25, -0.2) is 4.39 Å². The van der Waals surface area contributed by atoms with Crippen LogP contribution in [0.4, 0.5) is 4.39 Å². The first-order valence-electron chi connectivity index (χ1n) is 11.9. The van der Waals surface area contributed by atoms with Crippen LogP contribution in [0.2, 0.25) is 0 Å². The smallest absolute Gasteiger partial charge is 0.159 e. The molecule has 0 amide bonds. The molecule has 0 aromatic carbocycles. The quantitative estimate of drug-likeness (QED) is 0.565. The molecule has 29 heavy (non-hydrogen) atoms. The van der Waals surface area contributed by atoms with Crippen LogP contribution in [0.15, 0.2) is 11.6 Å². The van der Waals surface area contributed by atoms with E-state index in [0.29, 0.717) is 24.7 Å². The topological polar surface area (TPSA) is 37.3 Å². The molecule has 0 spiro atoms. The van der Waals surface area contributed by atoms with Crippen LogP contribution in [0, 0.1) is 40.4 Å². The maximum absolute atomic E-state index is 14.2. The maximum Gasteiger partial charge on any atom is 0.159 e. The second kappa shape index (κ2) is 7.97. The molecule has 164 valence electrons. The molecule has 0 aromatic heterocycles. The minimum atomic E-state index is -0.721. The monoisotopic (exact) mass is 422 g/mol. The standard InChI is InChI=1S/C25H39FO2S/c1-15-19-7-10-25(3)20(9-12-29)18(16-5-4-6-17(26)13-16)14-22(28)23(25)24(19,2)11-8-21(15)27/h14-17,19-21,23,27,29H,4-13H2,1-3H3/t15-,16?,17+,19?,20?,21+,23?,24+,25+/m1/s1. The Morgan fingerprint density at radius 3 is 2.59 bits per heavy atom. The van der Waals surface area contributed by atoms with Crippen LogP contribution in [-0.4, -0.2) is 28.9 Å². The fourth-order valence-corrected chi connectivity index (χ4v) is 8.56. The van der Waals surface area contributed by atoms with Crippen LogP contribution in [0.1, 0.15) is 78.6 Å². The van der Waals surface area contributed by atoms with E-state index in [-0.39, 0.29) is 40.5 Å². The lowest BCUT2D eigenvalue weighted by atomic mass is 9.40. The van der Waals surface area contributed by atoms with E-state index in [1.165, 1.54) is 5.57 Å². The first-order valence-corrected chi connectivity index (χ1v) is 12.5. The first-order chi connectivity index (χ1) is 13.7. The van der Waals surface area contributed by atoms with E-state index in [9.17, 15) is 14.3 Å². The van der Waals surface area contributed by atoms with Crippen LogP contribution in [0.25, 0.3) is 0 Å². The van der Waals surface area contributed by atoms with Crippen LogP contribution < -0.4 is 0 Å². The molecule has 4 aliphatic rings. The second-order valence-corrected chi connectivity index (χ2v) is 11.6. The zero-order valence-corrected chi connectivity index (χ0v) is 19.3. The highest BCUT2D eigenvalue weighted by atomic mass is 32.1. The number of hydrogen-bond acceptors (Lipinski definition) is 3. The summed E-state index contributed by atoms with van der Waals surface area (Å²) >= 11 is 4.59. The number of carbonyl (C=O) groups excluding carboxylic acids is 1. The van der Waals surface area contributed by atoms with Gasteiger partial charge in [-0.15, -0.1) is 0 Å². The molecule has 0 radical (unpaired) electrons. The van der Waals surface area contributed by atoms with Gasteiger partial charge >= 0.3 is 0 Å². The molecule has 4 rings (SSSR count). The summed E-state index contributed by atoms with van der Waals surface area (Å²) in [7, 11) is 0. The molecule has 0 bridgehead atoms. The van der Waals surface area contributed by atoms with Gasteiger partial charge < -0.3 is 5.11 Å². The van der Waals surface area contributed by atoms with Gasteiger partial charge in [0.25, 0.3) is 0 Å². The van der Waals surface area contributed by atoms with Crippen LogP contribution in [0.5, 0.6) is 0 Å². The Morgan fingerprint density at radius 1 is 1.17 bits per heavy atom. The Labute approximate surface area is 181 Å². The van der Waals surface area contributed by atoms with E-state index in [1.807, 2.05) is 6.08 Å². The number of ketones is 1. The fraction of sp³-hybridized carbons (Fsp3) is 0.880. The molecule has 1 N–H and O–H groups in total. The van der Waals surface area contributed by atoms with Gasteiger partial charge in [0.15, 0.2) is 5.78 Å². The SMILES string of the molecule is C[C@@H]1C2CC[C@@]3(C)C(CCS)C(C4CCC[C@H](F)C4)=CC(=O)C3[C@@]2(C)CC[C@@H]1O. The number of allylic oxidation sites excluding steroid dienone is 2. The molecule has 3 saturated carbocycles. The normalized spacial score (nSPS) is 50.5. The number of fused-ring (bicyclic) bond motifs is 3. The molecule has 0 aromatic rings. The molecule has 4 unspecified atom stereocenters. The largest absolute Gasteiger partial charge is 0.393 e. The number of hydrogen-bond donors (Lipinski definition) is 2. The van der Waals surface area contributed by atoms with Gasteiger partial charge in [-0.2, -0.15) is 12.6 Å². The molecular formula is C25H39FO2S. The van der Waals surface area contributed by atoms with Crippen LogP contribution >= 0.6 is 12.6 Å². The fourth-order valence-electron chi connectivity index (χ4n) is 8.31. The van der Waals surface area contributed by atoms with Crippen LogP contribution in [-0.2, 0) is 4.79 Å². The summed E-state index contributed by atoms with van der Waals surface area (Å²) in [5.41, 5.74) is 1.13. The van der Waals surface area contributed by atoms with Gasteiger partial charge in [0.05, 0.1) is 6.10 Å².